The van der Waals surface area contributed by atoms with Gasteiger partial charge in [-0.25, -0.2) is 0 Å². The molecule has 0 amide bonds. The summed E-state index contributed by atoms with van der Waals surface area (Å²) in [6.07, 6.45) is 2.26. The van der Waals surface area contributed by atoms with Gasteiger partial charge in [-0.05, 0) is 51.5 Å². The van der Waals surface area contributed by atoms with Crippen LogP contribution in [-0.4, -0.2) is 62.7 Å². The molecule has 0 spiro atoms. The number of rotatable bonds is 9. The topological polar surface area (TPSA) is 42.9 Å². The average molecular weight is 346 g/mol. The quantitative estimate of drug-likeness (QED) is 0.410. The molecule has 1 aromatic rings. The van der Waals surface area contributed by atoms with Gasteiger partial charge in [0.1, 0.15) is 0 Å². The molecule has 1 atom stereocenters. The maximum atomic E-state index is 4.76. The normalized spacial score (nSPS) is 18.0. The van der Waals surface area contributed by atoms with E-state index in [4.69, 9.17) is 4.99 Å². The number of hydrogen-bond donors (Lipinski definition) is 2. The van der Waals surface area contributed by atoms with Crippen LogP contribution in [0, 0.1) is 0 Å². The molecule has 2 rings (SSSR count). The Kier molecular flexibility index (Phi) is 8.60. The number of para-hydroxylation sites is 1. The third-order valence-electron chi connectivity index (χ3n) is 4.79. The maximum Gasteiger partial charge on any atom is 0.191 e. The lowest BCUT2D eigenvalue weighted by Gasteiger charge is -2.20. The van der Waals surface area contributed by atoms with Gasteiger partial charge in [-0.3, -0.25) is 4.99 Å². The maximum absolute atomic E-state index is 4.76. The van der Waals surface area contributed by atoms with Gasteiger partial charge in [0, 0.05) is 37.9 Å². The van der Waals surface area contributed by atoms with Crippen LogP contribution in [-0.2, 0) is 0 Å². The van der Waals surface area contributed by atoms with Crippen molar-refractivity contribution in [1.82, 2.24) is 15.5 Å². The molecule has 1 fully saturated rings. The van der Waals surface area contributed by atoms with Crippen molar-refractivity contribution in [2.75, 3.05) is 50.7 Å². The van der Waals surface area contributed by atoms with E-state index in [1.54, 1.807) is 0 Å². The first-order valence-corrected chi connectivity index (χ1v) is 9.84. The second-order valence-electron chi connectivity index (χ2n) is 6.55. The number of aliphatic imine (C=N–C) groups is 1. The smallest absolute Gasteiger partial charge is 0.191 e. The highest BCUT2D eigenvalue weighted by atomic mass is 15.2. The summed E-state index contributed by atoms with van der Waals surface area (Å²) in [6.45, 7) is 13.8. The molecule has 1 aromatic carbocycles. The van der Waals surface area contributed by atoms with E-state index in [0.29, 0.717) is 6.04 Å². The largest absolute Gasteiger partial charge is 0.369 e. The molecule has 1 heterocycles. The molecule has 140 valence electrons. The average Bonchev–Trinajstić information content (AvgIpc) is 3.11. The lowest BCUT2D eigenvalue weighted by Crippen LogP contribution is -2.44. The van der Waals surface area contributed by atoms with Crippen LogP contribution < -0.4 is 15.5 Å². The SMILES string of the molecule is CCNC(=NCCCN(CC)CC)NC1CCN(c2ccccc2)C1. The second-order valence-corrected chi connectivity index (χ2v) is 6.55. The van der Waals surface area contributed by atoms with Gasteiger partial charge in [-0.2, -0.15) is 0 Å². The molecule has 25 heavy (non-hydrogen) atoms. The van der Waals surface area contributed by atoms with Gasteiger partial charge in [-0.1, -0.05) is 32.0 Å². The van der Waals surface area contributed by atoms with Gasteiger partial charge in [0.25, 0.3) is 0 Å². The highest BCUT2D eigenvalue weighted by Crippen LogP contribution is 2.19. The van der Waals surface area contributed by atoms with Crippen LogP contribution in [0.1, 0.15) is 33.6 Å². The van der Waals surface area contributed by atoms with Crippen molar-refractivity contribution in [3.8, 4) is 0 Å². The molecule has 0 saturated carbocycles. The summed E-state index contributed by atoms with van der Waals surface area (Å²) < 4.78 is 0. The Labute approximate surface area is 153 Å². The van der Waals surface area contributed by atoms with E-state index in [0.717, 1.165) is 64.6 Å². The summed E-state index contributed by atoms with van der Waals surface area (Å²) in [5.74, 6) is 0.960. The number of benzene rings is 1. The zero-order chi connectivity index (χ0) is 17.9. The minimum atomic E-state index is 0.459. The highest BCUT2D eigenvalue weighted by Gasteiger charge is 2.23. The van der Waals surface area contributed by atoms with Crippen molar-refractivity contribution < 1.29 is 0 Å². The summed E-state index contributed by atoms with van der Waals surface area (Å²) in [5, 5.41) is 7.00. The molecule has 1 unspecified atom stereocenters. The van der Waals surface area contributed by atoms with Gasteiger partial charge in [0.15, 0.2) is 5.96 Å². The monoisotopic (exact) mass is 345 g/mol. The molecular weight excluding hydrogens is 310 g/mol. The second kappa shape index (κ2) is 11.0. The predicted octanol–water partition coefficient (Wildman–Crippen LogP) is 2.55. The molecule has 0 radical (unpaired) electrons. The van der Waals surface area contributed by atoms with E-state index in [-0.39, 0.29) is 0 Å². The van der Waals surface area contributed by atoms with Crippen LogP contribution >= 0.6 is 0 Å². The first-order chi connectivity index (χ1) is 12.3. The van der Waals surface area contributed by atoms with Crippen LogP contribution in [0.5, 0.6) is 0 Å². The fourth-order valence-electron chi connectivity index (χ4n) is 3.29. The van der Waals surface area contributed by atoms with Gasteiger partial charge < -0.3 is 20.4 Å². The molecule has 0 aromatic heterocycles. The Morgan fingerprint density at radius 2 is 1.96 bits per heavy atom. The van der Waals surface area contributed by atoms with Gasteiger partial charge in [0.2, 0.25) is 0 Å². The molecular formula is C20H35N5. The van der Waals surface area contributed by atoms with Crippen molar-refractivity contribution in [2.24, 2.45) is 4.99 Å². The Morgan fingerprint density at radius 3 is 2.64 bits per heavy atom. The minimum Gasteiger partial charge on any atom is -0.369 e. The molecule has 0 aliphatic carbocycles. The van der Waals surface area contributed by atoms with Crippen molar-refractivity contribution in [2.45, 2.75) is 39.7 Å². The molecule has 5 nitrogen and oxygen atoms in total. The van der Waals surface area contributed by atoms with Crippen LogP contribution in [0.15, 0.2) is 35.3 Å². The fraction of sp³-hybridized carbons (Fsp3) is 0.650. The lowest BCUT2D eigenvalue weighted by molar-refractivity contribution is 0.302. The Balaban J connectivity index is 1.79. The molecule has 1 aliphatic heterocycles. The van der Waals surface area contributed by atoms with Crippen LogP contribution in [0.3, 0.4) is 0 Å². The molecule has 1 saturated heterocycles. The minimum absolute atomic E-state index is 0.459. The van der Waals surface area contributed by atoms with Crippen LogP contribution in [0.2, 0.25) is 0 Å². The Morgan fingerprint density at radius 1 is 1.20 bits per heavy atom. The van der Waals surface area contributed by atoms with E-state index in [9.17, 15) is 0 Å². The highest BCUT2D eigenvalue weighted by molar-refractivity contribution is 5.80. The Bertz CT molecular complexity index is 498. The summed E-state index contributed by atoms with van der Waals surface area (Å²) in [7, 11) is 0. The first-order valence-electron chi connectivity index (χ1n) is 9.84. The Hall–Kier alpha value is -1.75. The number of guanidine groups is 1. The van der Waals surface area contributed by atoms with Gasteiger partial charge >= 0.3 is 0 Å². The van der Waals surface area contributed by atoms with Crippen LogP contribution in [0.4, 0.5) is 5.69 Å². The number of nitrogens with one attached hydrogen (secondary N) is 2. The van der Waals surface area contributed by atoms with E-state index in [1.807, 2.05) is 0 Å². The first kappa shape index (κ1) is 19.6. The molecule has 1 aliphatic rings. The molecule has 0 bridgehead atoms. The summed E-state index contributed by atoms with van der Waals surface area (Å²) in [5.41, 5.74) is 1.31. The third kappa shape index (κ3) is 6.58. The van der Waals surface area contributed by atoms with Crippen molar-refractivity contribution in [1.29, 1.82) is 0 Å². The summed E-state index contributed by atoms with van der Waals surface area (Å²) in [4.78, 5) is 9.66. The third-order valence-corrected chi connectivity index (χ3v) is 4.79. The lowest BCUT2D eigenvalue weighted by atomic mass is 10.3. The van der Waals surface area contributed by atoms with Crippen molar-refractivity contribution >= 4 is 11.6 Å². The number of anilines is 1. The van der Waals surface area contributed by atoms with Crippen LogP contribution in [0.25, 0.3) is 0 Å². The van der Waals surface area contributed by atoms with E-state index >= 15 is 0 Å². The van der Waals surface area contributed by atoms with E-state index in [2.05, 4.69) is 71.5 Å². The zero-order valence-electron chi connectivity index (χ0n) is 16.2. The van der Waals surface area contributed by atoms with Gasteiger partial charge in [-0.15, -0.1) is 0 Å². The zero-order valence-corrected chi connectivity index (χ0v) is 16.2. The van der Waals surface area contributed by atoms with Crippen molar-refractivity contribution in [3.63, 3.8) is 0 Å². The molecule has 5 heteroatoms. The fourth-order valence-corrected chi connectivity index (χ4v) is 3.29. The summed E-state index contributed by atoms with van der Waals surface area (Å²) in [6, 6.07) is 11.1. The van der Waals surface area contributed by atoms with E-state index in [1.165, 1.54) is 5.69 Å². The predicted molar refractivity (Wildman–Crippen MR) is 109 cm³/mol. The summed E-state index contributed by atoms with van der Waals surface area (Å²) >= 11 is 0. The standard InChI is InChI=1S/C20H35N5/c1-4-21-20(22-14-10-15-24(5-2)6-3)23-18-13-16-25(17-18)19-11-8-7-9-12-19/h7-9,11-12,18H,4-6,10,13-17H2,1-3H3,(H2,21,22,23). The number of nitrogens with zero attached hydrogens (tertiary/aromatic N) is 3. The van der Waals surface area contributed by atoms with E-state index < -0.39 is 0 Å². The molecule has 2 N–H and O–H groups in total. The van der Waals surface area contributed by atoms with Gasteiger partial charge in [0.05, 0.1) is 0 Å². The van der Waals surface area contributed by atoms with Crippen molar-refractivity contribution in [3.05, 3.63) is 30.3 Å². The number of hydrogen-bond acceptors (Lipinski definition) is 3.